The molecule has 0 fully saturated rings. The van der Waals surface area contributed by atoms with Gasteiger partial charge in [-0.2, -0.15) is 0 Å². The van der Waals surface area contributed by atoms with E-state index in [1.54, 1.807) is 22.3 Å². The summed E-state index contributed by atoms with van der Waals surface area (Å²) in [5.41, 5.74) is 1.98. The van der Waals surface area contributed by atoms with Crippen LogP contribution >= 0.6 is 34.5 Å². The van der Waals surface area contributed by atoms with Crippen LogP contribution in [0.15, 0.2) is 29.6 Å². The number of amides is 2. The lowest BCUT2D eigenvalue weighted by Crippen LogP contribution is -2.48. The predicted octanol–water partition coefficient (Wildman–Crippen LogP) is 6.74. The van der Waals surface area contributed by atoms with E-state index < -0.39 is 0 Å². The van der Waals surface area contributed by atoms with Crippen molar-refractivity contribution in [3.05, 3.63) is 55.7 Å². The SMILES string of the molecule is CCCCCCC(=O)N(CC(=O)N1CCc2sccc2C1c1ccc(Cl)cc1Cl)C(C)C. The third-order valence-corrected chi connectivity index (χ3v) is 7.60. The van der Waals surface area contributed by atoms with Gasteiger partial charge in [0, 0.05) is 33.9 Å². The Morgan fingerprint density at radius 2 is 1.94 bits per heavy atom. The van der Waals surface area contributed by atoms with Gasteiger partial charge in [-0.3, -0.25) is 9.59 Å². The molecule has 1 atom stereocenters. The van der Waals surface area contributed by atoms with Crippen molar-refractivity contribution < 1.29 is 9.59 Å². The van der Waals surface area contributed by atoms with Crippen LogP contribution < -0.4 is 0 Å². The van der Waals surface area contributed by atoms with Crippen LogP contribution in [-0.4, -0.2) is 40.7 Å². The van der Waals surface area contributed by atoms with Gasteiger partial charge in [-0.1, -0.05) is 55.5 Å². The number of rotatable bonds is 9. The zero-order chi connectivity index (χ0) is 23.3. The van der Waals surface area contributed by atoms with Gasteiger partial charge in [0.2, 0.25) is 11.8 Å². The van der Waals surface area contributed by atoms with E-state index in [1.807, 2.05) is 30.9 Å². The van der Waals surface area contributed by atoms with Gasteiger partial charge >= 0.3 is 0 Å². The summed E-state index contributed by atoms with van der Waals surface area (Å²) >= 11 is 14.4. The molecule has 2 heterocycles. The highest BCUT2D eigenvalue weighted by Crippen LogP contribution is 2.41. The van der Waals surface area contributed by atoms with E-state index in [0.29, 0.717) is 23.0 Å². The fourth-order valence-corrected chi connectivity index (χ4v) is 5.70. The van der Waals surface area contributed by atoms with Crippen molar-refractivity contribution in [2.45, 2.75) is 71.4 Å². The quantitative estimate of drug-likeness (QED) is 0.362. The molecule has 0 saturated heterocycles. The fourth-order valence-electron chi connectivity index (χ4n) is 4.29. The Bertz CT molecular complexity index is 944. The molecule has 1 unspecified atom stereocenters. The number of halogens is 2. The second kappa shape index (κ2) is 11.5. The Morgan fingerprint density at radius 1 is 1.16 bits per heavy atom. The first-order chi connectivity index (χ1) is 15.3. The average Bonchev–Trinajstić information content (AvgIpc) is 3.23. The zero-order valence-electron chi connectivity index (χ0n) is 19.1. The van der Waals surface area contributed by atoms with Crippen LogP contribution in [0.3, 0.4) is 0 Å². The van der Waals surface area contributed by atoms with E-state index in [9.17, 15) is 9.59 Å². The second-order valence-corrected chi connectivity index (χ2v) is 10.5. The minimum absolute atomic E-state index is 0.0308. The fraction of sp³-hybridized carbons (Fsp3) is 0.520. The van der Waals surface area contributed by atoms with Crippen molar-refractivity contribution in [3.8, 4) is 0 Å². The van der Waals surface area contributed by atoms with Crippen LogP contribution in [0.1, 0.15) is 74.9 Å². The second-order valence-electron chi connectivity index (χ2n) is 8.63. The Kier molecular flexibility index (Phi) is 9.04. The first-order valence-electron chi connectivity index (χ1n) is 11.4. The summed E-state index contributed by atoms with van der Waals surface area (Å²) in [5, 5.41) is 3.18. The molecule has 0 radical (unpaired) electrons. The largest absolute Gasteiger partial charge is 0.331 e. The van der Waals surface area contributed by atoms with Crippen LogP contribution in [0.4, 0.5) is 0 Å². The normalized spacial score (nSPS) is 15.7. The molecule has 0 saturated carbocycles. The molecule has 2 amide bonds. The first kappa shape index (κ1) is 25.1. The summed E-state index contributed by atoms with van der Waals surface area (Å²) in [6.45, 7) is 6.79. The van der Waals surface area contributed by atoms with Crippen LogP contribution in [0.5, 0.6) is 0 Å². The number of unbranched alkanes of at least 4 members (excludes halogenated alkanes) is 3. The summed E-state index contributed by atoms with van der Waals surface area (Å²) in [4.78, 5) is 31.3. The van der Waals surface area contributed by atoms with Gasteiger partial charge in [0.25, 0.3) is 0 Å². The Morgan fingerprint density at radius 3 is 2.62 bits per heavy atom. The Balaban J connectivity index is 1.82. The number of hydrogen-bond donors (Lipinski definition) is 0. The predicted molar refractivity (Wildman–Crippen MR) is 134 cm³/mol. The number of benzene rings is 1. The number of carbonyl (C=O) groups is 2. The average molecular weight is 496 g/mol. The molecule has 174 valence electrons. The topological polar surface area (TPSA) is 40.6 Å². The number of hydrogen-bond acceptors (Lipinski definition) is 3. The van der Waals surface area contributed by atoms with Gasteiger partial charge in [0.15, 0.2) is 0 Å². The smallest absolute Gasteiger partial charge is 0.243 e. The van der Waals surface area contributed by atoms with Gasteiger partial charge < -0.3 is 9.80 Å². The maximum atomic E-state index is 13.6. The van der Waals surface area contributed by atoms with E-state index in [4.69, 9.17) is 23.2 Å². The molecular weight excluding hydrogens is 463 g/mol. The summed E-state index contributed by atoms with van der Waals surface area (Å²) in [7, 11) is 0. The summed E-state index contributed by atoms with van der Waals surface area (Å²) in [6, 6.07) is 7.22. The van der Waals surface area contributed by atoms with Gasteiger partial charge in [-0.15, -0.1) is 11.3 Å². The lowest BCUT2D eigenvalue weighted by Gasteiger charge is -2.38. The van der Waals surface area contributed by atoms with E-state index >= 15 is 0 Å². The molecule has 3 rings (SSSR count). The van der Waals surface area contributed by atoms with E-state index in [2.05, 4.69) is 18.4 Å². The van der Waals surface area contributed by atoms with E-state index in [1.165, 1.54) is 4.88 Å². The highest BCUT2D eigenvalue weighted by molar-refractivity contribution is 7.10. The number of fused-ring (bicyclic) bond motifs is 1. The molecule has 0 N–H and O–H groups in total. The van der Waals surface area contributed by atoms with E-state index in [0.717, 1.165) is 43.2 Å². The molecule has 0 bridgehead atoms. The standard InChI is InChI=1S/C25H32Cl2N2O2S/c1-4-5-6-7-8-23(30)29(17(2)3)16-24(31)28-13-11-22-20(12-14-32-22)25(28)19-10-9-18(26)15-21(19)27/h9-10,12,14-15,17,25H,4-8,11,13,16H2,1-3H3. The third kappa shape index (κ3) is 5.86. The molecule has 4 nitrogen and oxygen atoms in total. The molecule has 1 aliphatic heterocycles. The molecule has 7 heteroatoms. The lowest BCUT2D eigenvalue weighted by atomic mass is 9.93. The summed E-state index contributed by atoms with van der Waals surface area (Å²) < 4.78 is 0. The minimum Gasteiger partial charge on any atom is -0.331 e. The van der Waals surface area contributed by atoms with Crippen LogP contribution in [0.25, 0.3) is 0 Å². The van der Waals surface area contributed by atoms with Crippen molar-refractivity contribution in [1.82, 2.24) is 9.80 Å². The summed E-state index contributed by atoms with van der Waals surface area (Å²) in [6.07, 6.45) is 5.49. The zero-order valence-corrected chi connectivity index (χ0v) is 21.4. The molecule has 0 aliphatic carbocycles. The highest BCUT2D eigenvalue weighted by atomic mass is 35.5. The first-order valence-corrected chi connectivity index (χ1v) is 13.1. The summed E-state index contributed by atoms with van der Waals surface area (Å²) in [5.74, 6) is 0.00670. The number of nitrogens with zero attached hydrogens (tertiary/aromatic N) is 2. The number of thiophene rings is 1. The molecule has 1 aromatic carbocycles. The Hall–Kier alpha value is -1.56. The van der Waals surface area contributed by atoms with Crippen LogP contribution in [0.2, 0.25) is 10.0 Å². The van der Waals surface area contributed by atoms with Gasteiger partial charge in [-0.05, 0) is 61.4 Å². The molecule has 32 heavy (non-hydrogen) atoms. The van der Waals surface area contributed by atoms with Crippen molar-refractivity contribution >= 4 is 46.4 Å². The third-order valence-electron chi connectivity index (χ3n) is 6.04. The highest BCUT2D eigenvalue weighted by Gasteiger charge is 2.35. The van der Waals surface area contributed by atoms with Gasteiger partial charge in [0.1, 0.15) is 6.54 Å². The monoisotopic (exact) mass is 494 g/mol. The molecular formula is C25H32Cl2N2O2S. The van der Waals surface area contributed by atoms with Crippen LogP contribution in [0, 0.1) is 0 Å². The lowest BCUT2D eigenvalue weighted by molar-refractivity contribution is -0.143. The molecule has 1 aromatic heterocycles. The van der Waals surface area contributed by atoms with Crippen molar-refractivity contribution in [3.63, 3.8) is 0 Å². The maximum Gasteiger partial charge on any atom is 0.243 e. The number of carbonyl (C=O) groups excluding carboxylic acids is 2. The van der Waals surface area contributed by atoms with Gasteiger partial charge in [-0.25, -0.2) is 0 Å². The maximum absolute atomic E-state index is 13.6. The van der Waals surface area contributed by atoms with Crippen LogP contribution in [-0.2, 0) is 16.0 Å². The van der Waals surface area contributed by atoms with Crippen molar-refractivity contribution in [2.24, 2.45) is 0 Å². The van der Waals surface area contributed by atoms with Crippen molar-refractivity contribution in [1.29, 1.82) is 0 Å². The molecule has 2 aromatic rings. The van der Waals surface area contributed by atoms with Crippen molar-refractivity contribution in [2.75, 3.05) is 13.1 Å². The molecule has 1 aliphatic rings. The van der Waals surface area contributed by atoms with Gasteiger partial charge in [0.05, 0.1) is 6.04 Å². The molecule has 0 spiro atoms. The minimum atomic E-state index is -0.268. The van der Waals surface area contributed by atoms with E-state index in [-0.39, 0.29) is 30.4 Å². The Labute approximate surface area is 205 Å².